The van der Waals surface area contributed by atoms with Gasteiger partial charge in [0.25, 0.3) is 0 Å². The molecule has 0 N–H and O–H groups in total. The summed E-state index contributed by atoms with van der Waals surface area (Å²) >= 11 is 12.6. The second-order valence-electron chi connectivity index (χ2n) is 4.62. The van der Waals surface area contributed by atoms with Crippen molar-refractivity contribution in [2.45, 2.75) is 18.8 Å². The molecule has 1 unspecified atom stereocenters. The molecule has 1 heterocycles. The van der Waals surface area contributed by atoms with Crippen molar-refractivity contribution in [2.24, 2.45) is 0 Å². The van der Waals surface area contributed by atoms with E-state index in [4.69, 9.17) is 23.2 Å². The number of imidazole rings is 1. The molecule has 0 spiro atoms. The molecule has 102 valence electrons. The number of nitrogens with zero attached hydrogens (tertiary/aromatic N) is 2. The number of hydrogen-bond acceptors (Lipinski definition) is 1. The van der Waals surface area contributed by atoms with Crippen LogP contribution in [0.5, 0.6) is 0 Å². The number of hydrogen-bond donors (Lipinski definition) is 0. The van der Waals surface area contributed by atoms with Gasteiger partial charge < -0.3 is 4.57 Å². The van der Waals surface area contributed by atoms with E-state index in [0.29, 0.717) is 5.02 Å². The largest absolute Gasteiger partial charge is 0.327 e. The lowest BCUT2D eigenvalue weighted by Gasteiger charge is -2.11. The van der Waals surface area contributed by atoms with Crippen LogP contribution in [0.3, 0.4) is 0 Å². The standard InChI is InChI=1S/C16H14Cl2N2/c1-2-20-14-9-8-12(17)10-13(14)19-16(20)15(18)11-6-4-3-5-7-11/h3-10,15H,2H2,1H3. The minimum Gasteiger partial charge on any atom is -0.327 e. The van der Waals surface area contributed by atoms with Crippen LogP contribution < -0.4 is 0 Å². The molecule has 0 aliphatic heterocycles. The van der Waals surface area contributed by atoms with Gasteiger partial charge in [-0.25, -0.2) is 4.98 Å². The molecule has 2 nitrogen and oxygen atoms in total. The fourth-order valence-corrected chi connectivity index (χ4v) is 2.90. The van der Waals surface area contributed by atoms with Gasteiger partial charge in [-0.3, -0.25) is 0 Å². The van der Waals surface area contributed by atoms with Gasteiger partial charge in [-0.2, -0.15) is 0 Å². The molecule has 4 heteroatoms. The van der Waals surface area contributed by atoms with Crippen LogP contribution in [-0.2, 0) is 6.54 Å². The van der Waals surface area contributed by atoms with E-state index in [-0.39, 0.29) is 5.38 Å². The highest BCUT2D eigenvalue weighted by Crippen LogP contribution is 2.31. The van der Waals surface area contributed by atoms with E-state index in [1.54, 1.807) is 0 Å². The van der Waals surface area contributed by atoms with Crippen LogP contribution >= 0.6 is 23.2 Å². The van der Waals surface area contributed by atoms with Crippen molar-refractivity contribution in [2.75, 3.05) is 0 Å². The quantitative estimate of drug-likeness (QED) is 0.620. The Labute approximate surface area is 128 Å². The van der Waals surface area contributed by atoms with Gasteiger partial charge in [0, 0.05) is 11.6 Å². The predicted molar refractivity (Wildman–Crippen MR) is 84.6 cm³/mol. The summed E-state index contributed by atoms with van der Waals surface area (Å²) in [4.78, 5) is 4.67. The first-order chi connectivity index (χ1) is 9.70. The van der Waals surface area contributed by atoms with Crippen molar-refractivity contribution in [1.29, 1.82) is 0 Å². The smallest absolute Gasteiger partial charge is 0.132 e. The van der Waals surface area contributed by atoms with Crippen LogP contribution in [0.2, 0.25) is 5.02 Å². The molecule has 20 heavy (non-hydrogen) atoms. The Bertz CT molecular complexity index is 735. The van der Waals surface area contributed by atoms with Crippen molar-refractivity contribution in [3.8, 4) is 0 Å². The van der Waals surface area contributed by atoms with E-state index in [2.05, 4.69) is 16.5 Å². The Morgan fingerprint density at radius 1 is 1.15 bits per heavy atom. The van der Waals surface area contributed by atoms with Crippen LogP contribution in [0, 0.1) is 0 Å². The molecule has 0 saturated heterocycles. The molecule has 3 aromatic rings. The van der Waals surface area contributed by atoms with Crippen molar-refractivity contribution in [3.63, 3.8) is 0 Å². The number of aromatic nitrogens is 2. The highest BCUT2D eigenvalue weighted by atomic mass is 35.5. The molecule has 1 atom stereocenters. The number of alkyl halides is 1. The zero-order chi connectivity index (χ0) is 14.1. The Kier molecular flexibility index (Phi) is 3.68. The van der Waals surface area contributed by atoms with Crippen molar-refractivity contribution < 1.29 is 0 Å². The van der Waals surface area contributed by atoms with Crippen molar-refractivity contribution in [1.82, 2.24) is 9.55 Å². The first-order valence-corrected chi connectivity index (χ1v) is 7.37. The normalized spacial score (nSPS) is 12.8. The molecular weight excluding hydrogens is 291 g/mol. The number of rotatable bonds is 3. The highest BCUT2D eigenvalue weighted by Gasteiger charge is 2.19. The molecule has 0 saturated carbocycles. The monoisotopic (exact) mass is 304 g/mol. The summed E-state index contributed by atoms with van der Waals surface area (Å²) in [5.74, 6) is 0.859. The third-order valence-electron chi connectivity index (χ3n) is 3.37. The zero-order valence-electron chi connectivity index (χ0n) is 11.1. The van der Waals surface area contributed by atoms with Crippen LogP contribution in [0.1, 0.15) is 23.7 Å². The Balaban J connectivity index is 2.16. The first kappa shape index (κ1) is 13.5. The van der Waals surface area contributed by atoms with Gasteiger partial charge in [0.05, 0.1) is 11.0 Å². The van der Waals surface area contributed by atoms with Gasteiger partial charge in [0.1, 0.15) is 11.2 Å². The maximum Gasteiger partial charge on any atom is 0.132 e. The average Bonchev–Trinajstić information content (AvgIpc) is 2.84. The van der Waals surface area contributed by atoms with Gasteiger partial charge >= 0.3 is 0 Å². The van der Waals surface area contributed by atoms with Gasteiger partial charge in [0.15, 0.2) is 0 Å². The maximum atomic E-state index is 6.61. The molecular formula is C16H14Cl2N2. The third-order valence-corrected chi connectivity index (χ3v) is 4.06. The first-order valence-electron chi connectivity index (χ1n) is 6.55. The highest BCUT2D eigenvalue weighted by molar-refractivity contribution is 6.31. The molecule has 0 bridgehead atoms. The van der Waals surface area contributed by atoms with E-state index in [1.807, 2.05) is 48.5 Å². The minimum atomic E-state index is -0.262. The number of benzene rings is 2. The fraction of sp³-hybridized carbons (Fsp3) is 0.188. The molecule has 3 rings (SSSR count). The summed E-state index contributed by atoms with van der Waals surface area (Å²) in [6.45, 7) is 2.91. The van der Waals surface area contributed by atoms with Gasteiger partial charge in [-0.15, -0.1) is 11.6 Å². The lowest BCUT2D eigenvalue weighted by atomic mass is 10.1. The minimum absolute atomic E-state index is 0.262. The van der Waals surface area contributed by atoms with E-state index in [1.165, 1.54) is 0 Å². The van der Waals surface area contributed by atoms with Crippen LogP contribution in [0.25, 0.3) is 11.0 Å². The third kappa shape index (κ3) is 2.30. The lowest BCUT2D eigenvalue weighted by molar-refractivity contribution is 0.726. The molecule has 0 aliphatic carbocycles. The molecule has 1 aromatic heterocycles. The van der Waals surface area contributed by atoms with E-state index >= 15 is 0 Å². The summed E-state index contributed by atoms with van der Waals surface area (Å²) in [6.07, 6.45) is 0. The maximum absolute atomic E-state index is 6.61. The van der Waals surface area contributed by atoms with Crippen LogP contribution in [0.15, 0.2) is 48.5 Å². The second-order valence-corrected chi connectivity index (χ2v) is 5.49. The summed E-state index contributed by atoms with van der Waals surface area (Å²) in [6, 6.07) is 15.7. The van der Waals surface area contributed by atoms with Crippen molar-refractivity contribution in [3.05, 3.63) is 64.9 Å². The molecule has 2 aromatic carbocycles. The predicted octanol–water partition coefficient (Wildman–Crippen LogP) is 5.04. The number of fused-ring (bicyclic) bond motifs is 1. The average molecular weight is 305 g/mol. The van der Waals surface area contributed by atoms with Gasteiger partial charge in [0.2, 0.25) is 0 Å². The van der Waals surface area contributed by atoms with E-state index in [0.717, 1.165) is 29.0 Å². The summed E-state index contributed by atoms with van der Waals surface area (Å²) in [5.41, 5.74) is 3.00. The second kappa shape index (κ2) is 5.47. The Hall–Kier alpha value is -1.51. The summed E-state index contributed by atoms with van der Waals surface area (Å²) in [7, 11) is 0. The Morgan fingerprint density at radius 3 is 2.60 bits per heavy atom. The molecule has 0 fully saturated rings. The van der Waals surface area contributed by atoms with Crippen molar-refractivity contribution >= 4 is 34.2 Å². The van der Waals surface area contributed by atoms with Gasteiger partial charge in [-0.05, 0) is 30.7 Å². The topological polar surface area (TPSA) is 17.8 Å². The van der Waals surface area contributed by atoms with Gasteiger partial charge in [-0.1, -0.05) is 41.9 Å². The van der Waals surface area contributed by atoms with Crippen LogP contribution in [-0.4, -0.2) is 9.55 Å². The fourth-order valence-electron chi connectivity index (χ4n) is 2.42. The number of halogens is 2. The van der Waals surface area contributed by atoms with E-state index in [9.17, 15) is 0 Å². The molecule has 0 radical (unpaired) electrons. The number of aryl methyl sites for hydroxylation is 1. The summed E-state index contributed by atoms with van der Waals surface area (Å²) < 4.78 is 2.14. The summed E-state index contributed by atoms with van der Waals surface area (Å²) in [5, 5.41) is 0.429. The SMILES string of the molecule is CCn1c(C(Cl)c2ccccc2)nc2cc(Cl)ccc21. The lowest BCUT2D eigenvalue weighted by Crippen LogP contribution is -2.05. The van der Waals surface area contributed by atoms with Crippen LogP contribution in [0.4, 0.5) is 0 Å². The Morgan fingerprint density at radius 2 is 1.90 bits per heavy atom. The molecule has 0 amide bonds. The van der Waals surface area contributed by atoms with E-state index < -0.39 is 0 Å². The zero-order valence-corrected chi connectivity index (χ0v) is 12.6. The molecule has 0 aliphatic rings.